The molecule has 0 aromatic carbocycles. The number of rotatable bonds is 3. The van der Waals surface area contributed by atoms with E-state index in [1.165, 1.54) is 36.4 Å². The summed E-state index contributed by atoms with van der Waals surface area (Å²) in [6, 6.07) is 4.89. The molecular weight excluding hydrogens is 228 g/mol. The Morgan fingerprint density at radius 2 is 2.24 bits per heavy atom. The quantitative estimate of drug-likeness (QED) is 0.760. The van der Waals surface area contributed by atoms with Crippen molar-refractivity contribution in [1.29, 1.82) is 0 Å². The molecular formula is C14H22N2S. The molecule has 0 radical (unpaired) electrons. The van der Waals surface area contributed by atoms with Crippen LogP contribution in [0.4, 0.5) is 0 Å². The molecule has 1 saturated heterocycles. The summed E-state index contributed by atoms with van der Waals surface area (Å²) < 4.78 is 0. The molecule has 0 aliphatic carbocycles. The molecule has 1 aromatic heterocycles. The van der Waals surface area contributed by atoms with Gasteiger partial charge in [0.25, 0.3) is 0 Å². The van der Waals surface area contributed by atoms with Gasteiger partial charge in [0.2, 0.25) is 0 Å². The van der Waals surface area contributed by atoms with E-state index >= 15 is 0 Å². The van der Waals surface area contributed by atoms with E-state index in [-0.39, 0.29) is 0 Å². The van der Waals surface area contributed by atoms with Crippen LogP contribution in [0.15, 0.2) is 23.4 Å². The fraction of sp³-hybridized carbons (Fsp3) is 0.643. The summed E-state index contributed by atoms with van der Waals surface area (Å²) in [6.07, 6.45) is 5.86. The third kappa shape index (κ3) is 3.23. The SMILES string of the molecule is CC(C)Sc1ncccc1[C@H]1CCCCN1C. The molecule has 94 valence electrons. The first kappa shape index (κ1) is 12.9. The van der Waals surface area contributed by atoms with Crippen molar-refractivity contribution >= 4 is 11.8 Å². The summed E-state index contributed by atoms with van der Waals surface area (Å²) in [5.74, 6) is 0. The Morgan fingerprint density at radius 3 is 2.94 bits per heavy atom. The van der Waals surface area contributed by atoms with Crippen LogP contribution in [-0.4, -0.2) is 28.7 Å². The van der Waals surface area contributed by atoms with E-state index < -0.39 is 0 Å². The van der Waals surface area contributed by atoms with Crippen molar-refractivity contribution in [3.05, 3.63) is 23.9 Å². The van der Waals surface area contributed by atoms with Crippen LogP contribution >= 0.6 is 11.8 Å². The molecule has 1 atom stereocenters. The second kappa shape index (κ2) is 5.87. The first-order valence-corrected chi connectivity index (χ1v) is 7.38. The number of hydrogen-bond acceptors (Lipinski definition) is 3. The van der Waals surface area contributed by atoms with E-state index in [1.807, 2.05) is 18.0 Å². The summed E-state index contributed by atoms with van der Waals surface area (Å²) in [5, 5.41) is 1.82. The van der Waals surface area contributed by atoms with Gasteiger partial charge in [0, 0.05) is 23.1 Å². The van der Waals surface area contributed by atoms with E-state index in [9.17, 15) is 0 Å². The molecule has 3 heteroatoms. The minimum atomic E-state index is 0.568. The van der Waals surface area contributed by atoms with Gasteiger partial charge < -0.3 is 0 Å². The van der Waals surface area contributed by atoms with E-state index in [1.54, 1.807) is 0 Å². The van der Waals surface area contributed by atoms with Gasteiger partial charge in [0.15, 0.2) is 0 Å². The van der Waals surface area contributed by atoms with Crippen molar-refractivity contribution in [2.24, 2.45) is 0 Å². The molecule has 0 unspecified atom stereocenters. The van der Waals surface area contributed by atoms with E-state index in [0.29, 0.717) is 11.3 Å². The third-order valence-corrected chi connectivity index (χ3v) is 4.31. The average molecular weight is 250 g/mol. The maximum atomic E-state index is 4.56. The second-order valence-corrected chi connectivity index (χ2v) is 6.62. The number of hydrogen-bond donors (Lipinski definition) is 0. The minimum Gasteiger partial charge on any atom is -0.299 e. The standard InChI is InChI=1S/C14H22N2S/c1-11(2)17-14-12(7-6-9-15-14)13-8-4-5-10-16(13)3/h6-7,9,11,13H,4-5,8,10H2,1-3H3/t13-/m1/s1. The summed E-state index contributed by atoms with van der Waals surface area (Å²) >= 11 is 1.88. The predicted molar refractivity (Wildman–Crippen MR) is 74.5 cm³/mol. The van der Waals surface area contributed by atoms with Crippen molar-refractivity contribution in [3.63, 3.8) is 0 Å². The molecule has 0 saturated carbocycles. The first-order chi connectivity index (χ1) is 8.18. The van der Waals surface area contributed by atoms with Gasteiger partial charge in [-0.05, 0) is 32.5 Å². The number of pyridine rings is 1. The molecule has 1 aromatic rings. The highest BCUT2D eigenvalue weighted by atomic mass is 32.2. The van der Waals surface area contributed by atoms with E-state index in [2.05, 4.69) is 42.9 Å². The monoisotopic (exact) mass is 250 g/mol. The Morgan fingerprint density at radius 1 is 1.41 bits per heavy atom. The number of thioether (sulfide) groups is 1. The van der Waals surface area contributed by atoms with E-state index in [4.69, 9.17) is 0 Å². The van der Waals surface area contributed by atoms with Crippen molar-refractivity contribution in [2.45, 2.75) is 49.4 Å². The molecule has 1 fully saturated rings. The molecule has 0 amide bonds. The van der Waals surface area contributed by atoms with Gasteiger partial charge in [-0.3, -0.25) is 4.90 Å². The lowest BCUT2D eigenvalue weighted by Gasteiger charge is -2.33. The summed E-state index contributed by atoms with van der Waals surface area (Å²) in [7, 11) is 2.24. The first-order valence-electron chi connectivity index (χ1n) is 6.50. The fourth-order valence-electron chi connectivity index (χ4n) is 2.45. The summed E-state index contributed by atoms with van der Waals surface area (Å²) in [4.78, 5) is 7.04. The van der Waals surface area contributed by atoms with Crippen LogP contribution in [-0.2, 0) is 0 Å². The Kier molecular flexibility index (Phi) is 4.46. The van der Waals surface area contributed by atoms with Crippen LogP contribution in [0.3, 0.4) is 0 Å². The van der Waals surface area contributed by atoms with Crippen LogP contribution in [0.25, 0.3) is 0 Å². The van der Waals surface area contributed by atoms with Gasteiger partial charge in [-0.25, -0.2) is 4.98 Å². The Balaban J connectivity index is 2.23. The highest BCUT2D eigenvalue weighted by Gasteiger charge is 2.23. The lowest BCUT2D eigenvalue weighted by atomic mass is 9.97. The molecule has 1 aliphatic heterocycles. The molecule has 2 nitrogen and oxygen atoms in total. The number of likely N-dealkylation sites (tertiary alicyclic amines) is 1. The molecule has 17 heavy (non-hydrogen) atoms. The summed E-state index contributed by atoms with van der Waals surface area (Å²) in [5.41, 5.74) is 1.42. The third-order valence-electron chi connectivity index (χ3n) is 3.28. The van der Waals surface area contributed by atoms with Crippen molar-refractivity contribution < 1.29 is 0 Å². The second-order valence-electron chi connectivity index (χ2n) is 5.06. The number of piperidine rings is 1. The van der Waals surface area contributed by atoms with Crippen molar-refractivity contribution in [3.8, 4) is 0 Å². The highest BCUT2D eigenvalue weighted by molar-refractivity contribution is 7.99. The predicted octanol–water partition coefficient (Wildman–Crippen LogP) is 3.74. The van der Waals surface area contributed by atoms with Crippen LogP contribution in [0.1, 0.15) is 44.7 Å². The average Bonchev–Trinajstić information content (AvgIpc) is 2.30. The lowest BCUT2D eigenvalue weighted by molar-refractivity contribution is 0.184. The molecule has 0 spiro atoms. The van der Waals surface area contributed by atoms with Crippen molar-refractivity contribution in [2.75, 3.05) is 13.6 Å². The van der Waals surface area contributed by atoms with Gasteiger partial charge in [-0.1, -0.05) is 26.3 Å². The van der Waals surface area contributed by atoms with Crippen LogP contribution < -0.4 is 0 Å². The van der Waals surface area contributed by atoms with Gasteiger partial charge in [-0.15, -0.1) is 11.8 Å². The molecule has 0 bridgehead atoms. The largest absolute Gasteiger partial charge is 0.299 e. The maximum absolute atomic E-state index is 4.56. The van der Waals surface area contributed by atoms with Gasteiger partial charge in [0.1, 0.15) is 5.03 Å². The molecule has 1 aliphatic rings. The molecule has 2 heterocycles. The highest BCUT2D eigenvalue weighted by Crippen LogP contribution is 2.35. The Labute approximate surface area is 109 Å². The van der Waals surface area contributed by atoms with Crippen LogP contribution in [0.5, 0.6) is 0 Å². The van der Waals surface area contributed by atoms with Crippen LogP contribution in [0.2, 0.25) is 0 Å². The zero-order valence-electron chi connectivity index (χ0n) is 11.0. The zero-order chi connectivity index (χ0) is 12.3. The van der Waals surface area contributed by atoms with Crippen LogP contribution in [0, 0.1) is 0 Å². The van der Waals surface area contributed by atoms with Gasteiger partial charge >= 0.3 is 0 Å². The minimum absolute atomic E-state index is 0.568. The number of aromatic nitrogens is 1. The van der Waals surface area contributed by atoms with E-state index in [0.717, 1.165) is 0 Å². The van der Waals surface area contributed by atoms with Gasteiger partial charge in [-0.2, -0.15) is 0 Å². The molecule has 2 rings (SSSR count). The smallest absolute Gasteiger partial charge is 0.101 e. The zero-order valence-corrected chi connectivity index (χ0v) is 11.8. The molecule has 0 N–H and O–H groups in total. The van der Waals surface area contributed by atoms with Gasteiger partial charge in [0.05, 0.1) is 0 Å². The summed E-state index contributed by atoms with van der Waals surface area (Å²) in [6.45, 7) is 5.67. The topological polar surface area (TPSA) is 16.1 Å². The fourth-order valence-corrected chi connectivity index (χ4v) is 3.36. The van der Waals surface area contributed by atoms with Crippen molar-refractivity contribution in [1.82, 2.24) is 9.88 Å². The number of nitrogens with zero attached hydrogens (tertiary/aromatic N) is 2. The lowest BCUT2D eigenvalue weighted by Crippen LogP contribution is -2.30. The Bertz CT molecular complexity index is 365. The maximum Gasteiger partial charge on any atom is 0.101 e. The Hall–Kier alpha value is -0.540. The normalized spacial score (nSPS) is 22.0.